The first kappa shape index (κ1) is 14.4. The van der Waals surface area contributed by atoms with Gasteiger partial charge in [0.1, 0.15) is 18.2 Å². The van der Waals surface area contributed by atoms with E-state index in [0.29, 0.717) is 5.56 Å². The van der Waals surface area contributed by atoms with Gasteiger partial charge in [0.2, 0.25) is 0 Å². The third kappa shape index (κ3) is 3.20. The van der Waals surface area contributed by atoms with E-state index in [1.165, 1.54) is 6.07 Å². The Labute approximate surface area is 135 Å². The first-order chi connectivity index (χ1) is 10.1. The second-order valence-corrected chi connectivity index (χ2v) is 5.95. The van der Waals surface area contributed by atoms with Crippen molar-refractivity contribution in [3.8, 4) is 5.75 Å². The van der Waals surface area contributed by atoms with Crippen molar-refractivity contribution >= 4 is 38.3 Å². The molecule has 4 heteroatoms. The van der Waals surface area contributed by atoms with Gasteiger partial charge in [-0.25, -0.2) is 4.39 Å². The van der Waals surface area contributed by atoms with Crippen LogP contribution in [-0.2, 0) is 6.61 Å². The SMILES string of the molecule is Fc1cccc(COc2ccc3cc(Br)ccc3c2)c1Cl. The molecule has 0 spiro atoms. The van der Waals surface area contributed by atoms with Gasteiger partial charge in [-0.2, -0.15) is 0 Å². The molecule has 0 atom stereocenters. The van der Waals surface area contributed by atoms with Gasteiger partial charge < -0.3 is 4.74 Å². The topological polar surface area (TPSA) is 9.23 Å². The van der Waals surface area contributed by atoms with Gasteiger partial charge in [0.05, 0.1) is 5.02 Å². The summed E-state index contributed by atoms with van der Waals surface area (Å²) < 4.78 is 20.1. The summed E-state index contributed by atoms with van der Waals surface area (Å²) in [5, 5.41) is 2.32. The molecule has 0 saturated heterocycles. The van der Waals surface area contributed by atoms with E-state index in [-0.39, 0.29) is 11.6 Å². The summed E-state index contributed by atoms with van der Waals surface area (Å²) in [6.45, 7) is 0.235. The van der Waals surface area contributed by atoms with Crippen LogP contribution in [-0.4, -0.2) is 0 Å². The molecule has 21 heavy (non-hydrogen) atoms. The molecule has 0 aliphatic heterocycles. The molecule has 0 aromatic heterocycles. The number of fused-ring (bicyclic) bond motifs is 1. The number of ether oxygens (including phenoxy) is 1. The molecule has 0 N–H and O–H groups in total. The summed E-state index contributed by atoms with van der Waals surface area (Å²) in [4.78, 5) is 0. The van der Waals surface area contributed by atoms with Crippen LogP contribution in [0.1, 0.15) is 5.56 Å². The van der Waals surface area contributed by atoms with Crippen molar-refractivity contribution < 1.29 is 9.13 Å². The molecule has 0 heterocycles. The quantitative estimate of drug-likeness (QED) is 0.555. The number of rotatable bonds is 3. The van der Waals surface area contributed by atoms with Crippen LogP contribution in [0, 0.1) is 5.82 Å². The summed E-state index contributed by atoms with van der Waals surface area (Å²) >= 11 is 9.36. The monoisotopic (exact) mass is 364 g/mol. The summed E-state index contributed by atoms with van der Waals surface area (Å²) in [7, 11) is 0. The maximum Gasteiger partial charge on any atom is 0.142 e. The maximum absolute atomic E-state index is 13.4. The molecular weight excluding hydrogens is 355 g/mol. The Morgan fingerprint density at radius 3 is 2.62 bits per heavy atom. The molecule has 0 aliphatic carbocycles. The zero-order valence-corrected chi connectivity index (χ0v) is 13.3. The van der Waals surface area contributed by atoms with E-state index < -0.39 is 5.82 Å². The largest absolute Gasteiger partial charge is 0.489 e. The lowest BCUT2D eigenvalue weighted by atomic mass is 10.1. The number of hydrogen-bond acceptors (Lipinski definition) is 1. The van der Waals surface area contributed by atoms with E-state index in [1.807, 2.05) is 36.4 Å². The highest BCUT2D eigenvalue weighted by Gasteiger charge is 2.06. The second kappa shape index (κ2) is 6.04. The highest BCUT2D eigenvalue weighted by molar-refractivity contribution is 9.10. The predicted octanol–water partition coefficient (Wildman–Crippen LogP) is 5.97. The smallest absolute Gasteiger partial charge is 0.142 e. The van der Waals surface area contributed by atoms with Gasteiger partial charge in [0.25, 0.3) is 0 Å². The lowest BCUT2D eigenvalue weighted by Crippen LogP contribution is -1.97. The van der Waals surface area contributed by atoms with Crippen molar-refractivity contribution in [3.63, 3.8) is 0 Å². The summed E-state index contributed by atoms with van der Waals surface area (Å²) in [6.07, 6.45) is 0. The van der Waals surface area contributed by atoms with Crippen LogP contribution in [0.3, 0.4) is 0 Å². The first-order valence-corrected chi connectivity index (χ1v) is 7.55. The fourth-order valence-corrected chi connectivity index (χ4v) is 2.66. The molecule has 0 fully saturated rings. The van der Waals surface area contributed by atoms with Crippen molar-refractivity contribution in [2.45, 2.75) is 6.61 Å². The standard InChI is InChI=1S/C17H11BrClFO/c18-14-6-4-12-9-15(7-5-11(12)8-14)21-10-13-2-1-3-16(20)17(13)19/h1-9H,10H2. The average molecular weight is 366 g/mol. The highest BCUT2D eigenvalue weighted by atomic mass is 79.9. The normalized spacial score (nSPS) is 10.8. The maximum atomic E-state index is 13.4. The minimum atomic E-state index is -0.430. The molecule has 106 valence electrons. The minimum Gasteiger partial charge on any atom is -0.489 e. The molecule has 0 amide bonds. The van der Waals surface area contributed by atoms with Crippen LogP contribution < -0.4 is 4.74 Å². The Kier molecular flexibility index (Phi) is 4.13. The van der Waals surface area contributed by atoms with E-state index in [1.54, 1.807) is 12.1 Å². The van der Waals surface area contributed by atoms with Gasteiger partial charge in [-0.3, -0.25) is 0 Å². The van der Waals surface area contributed by atoms with E-state index in [4.69, 9.17) is 16.3 Å². The van der Waals surface area contributed by atoms with Crippen LogP contribution in [0.15, 0.2) is 59.1 Å². The van der Waals surface area contributed by atoms with Gasteiger partial charge in [-0.15, -0.1) is 0 Å². The van der Waals surface area contributed by atoms with Gasteiger partial charge in [-0.1, -0.05) is 51.8 Å². The predicted molar refractivity (Wildman–Crippen MR) is 87.4 cm³/mol. The third-order valence-corrected chi connectivity index (χ3v) is 4.12. The number of halogens is 3. The van der Waals surface area contributed by atoms with Gasteiger partial charge in [0, 0.05) is 10.0 Å². The van der Waals surface area contributed by atoms with E-state index in [2.05, 4.69) is 15.9 Å². The highest BCUT2D eigenvalue weighted by Crippen LogP contribution is 2.26. The van der Waals surface area contributed by atoms with Crippen molar-refractivity contribution in [3.05, 3.63) is 75.5 Å². The summed E-state index contributed by atoms with van der Waals surface area (Å²) in [5.41, 5.74) is 0.632. The van der Waals surface area contributed by atoms with Gasteiger partial charge in [0.15, 0.2) is 0 Å². The second-order valence-electron chi connectivity index (χ2n) is 4.65. The molecule has 0 unspecified atom stereocenters. The number of hydrogen-bond donors (Lipinski definition) is 0. The third-order valence-electron chi connectivity index (χ3n) is 3.20. The van der Waals surface area contributed by atoms with Crippen molar-refractivity contribution in [2.75, 3.05) is 0 Å². The van der Waals surface area contributed by atoms with Crippen LogP contribution >= 0.6 is 27.5 Å². The average Bonchev–Trinajstić information content (AvgIpc) is 2.49. The molecule has 0 aliphatic rings. The van der Waals surface area contributed by atoms with Crippen molar-refractivity contribution in [1.29, 1.82) is 0 Å². The molecule has 3 aromatic rings. The molecule has 3 aromatic carbocycles. The van der Waals surface area contributed by atoms with E-state index in [9.17, 15) is 4.39 Å². The summed E-state index contributed by atoms with van der Waals surface area (Å²) in [6, 6.07) is 16.6. The number of benzene rings is 3. The first-order valence-electron chi connectivity index (χ1n) is 6.38. The van der Waals surface area contributed by atoms with Gasteiger partial charge >= 0.3 is 0 Å². The minimum absolute atomic E-state index is 0.113. The Morgan fingerprint density at radius 2 is 1.76 bits per heavy atom. The molecule has 1 nitrogen and oxygen atoms in total. The summed E-state index contributed by atoms with van der Waals surface area (Å²) in [5.74, 6) is 0.297. The molecule has 0 radical (unpaired) electrons. The Bertz CT molecular complexity index is 804. The Balaban J connectivity index is 1.82. The van der Waals surface area contributed by atoms with Crippen LogP contribution in [0.4, 0.5) is 4.39 Å². The molecule has 0 saturated carbocycles. The van der Waals surface area contributed by atoms with Crippen molar-refractivity contribution in [1.82, 2.24) is 0 Å². The lowest BCUT2D eigenvalue weighted by Gasteiger charge is -2.09. The zero-order chi connectivity index (χ0) is 14.8. The fourth-order valence-electron chi connectivity index (χ4n) is 2.11. The van der Waals surface area contributed by atoms with E-state index in [0.717, 1.165) is 21.0 Å². The van der Waals surface area contributed by atoms with Gasteiger partial charge in [-0.05, 0) is 41.1 Å². The molecule has 3 rings (SSSR count). The lowest BCUT2D eigenvalue weighted by molar-refractivity contribution is 0.306. The Morgan fingerprint density at radius 1 is 1.00 bits per heavy atom. The van der Waals surface area contributed by atoms with Crippen LogP contribution in [0.25, 0.3) is 10.8 Å². The van der Waals surface area contributed by atoms with Crippen molar-refractivity contribution in [2.24, 2.45) is 0 Å². The van der Waals surface area contributed by atoms with Crippen LogP contribution in [0.2, 0.25) is 5.02 Å². The molecular formula is C17H11BrClFO. The fraction of sp³-hybridized carbons (Fsp3) is 0.0588. The molecule has 0 bridgehead atoms. The Hall–Kier alpha value is -1.58. The zero-order valence-electron chi connectivity index (χ0n) is 10.9. The van der Waals surface area contributed by atoms with E-state index >= 15 is 0 Å². The van der Waals surface area contributed by atoms with Crippen LogP contribution in [0.5, 0.6) is 5.75 Å².